The highest BCUT2D eigenvalue weighted by Gasteiger charge is 2.09. The second-order valence-corrected chi connectivity index (χ2v) is 7.13. The van der Waals surface area contributed by atoms with Crippen LogP contribution in [-0.2, 0) is 4.79 Å². The fraction of sp³-hybridized carbons (Fsp3) is 0.214. The van der Waals surface area contributed by atoms with Crippen molar-refractivity contribution in [3.63, 3.8) is 0 Å². The van der Waals surface area contributed by atoms with Gasteiger partial charge in [-0.05, 0) is 19.1 Å². The predicted molar refractivity (Wildman–Crippen MR) is 89.0 cm³/mol. The smallest absolute Gasteiger partial charge is 0.234 e. The fourth-order valence-corrected chi connectivity index (χ4v) is 3.84. The zero-order valence-corrected chi connectivity index (χ0v) is 13.8. The normalized spacial score (nSPS) is 10.1. The van der Waals surface area contributed by atoms with E-state index in [0.29, 0.717) is 11.5 Å². The molecule has 2 rings (SSSR count). The summed E-state index contributed by atoms with van der Waals surface area (Å²) in [4.78, 5) is 17.2. The number of thiazole rings is 1. The summed E-state index contributed by atoms with van der Waals surface area (Å²) in [5.74, 6) is 0.613. The first-order valence-electron chi connectivity index (χ1n) is 6.12. The number of nitrogens with zero attached hydrogens (tertiary/aromatic N) is 2. The minimum atomic E-state index is -0.0714. The molecule has 0 unspecified atom stereocenters. The van der Waals surface area contributed by atoms with Crippen LogP contribution in [0.4, 0.5) is 5.69 Å². The largest absolute Gasteiger partial charge is 0.324 e. The number of amides is 1. The first kappa shape index (κ1) is 15.9. The molecule has 0 aliphatic rings. The molecule has 0 bridgehead atoms. The van der Waals surface area contributed by atoms with Crippen molar-refractivity contribution >= 4 is 46.5 Å². The van der Waals surface area contributed by atoms with Crippen LogP contribution in [-0.4, -0.2) is 22.4 Å². The summed E-state index contributed by atoms with van der Waals surface area (Å²) in [5, 5.41) is 13.5. The Morgan fingerprint density at radius 2 is 2.24 bits per heavy atom. The summed E-state index contributed by atoms with van der Waals surface area (Å²) in [6.45, 7) is 1.93. The van der Waals surface area contributed by atoms with E-state index in [1.807, 2.05) is 36.6 Å². The van der Waals surface area contributed by atoms with Crippen LogP contribution in [0.5, 0.6) is 0 Å². The van der Waals surface area contributed by atoms with Gasteiger partial charge in [-0.25, -0.2) is 4.98 Å². The van der Waals surface area contributed by atoms with Crippen molar-refractivity contribution in [2.45, 2.75) is 16.2 Å². The van der Waals surface area contributed by atoms with Gasteiger partial charge in [0.2, 0.25) is 5.91 Å². The molecule has 7 heteroatoms. The lowest BCUT2D eigenvalue weighted by atomic mass is 10.3. The Kier molecular flexibility index (Phi) is 6.11. The second-order valence-electron chi connectivity index (χ2n) is 4.03. The van der Waals surface area contributed by atoms with Crippen molar-refractivity contribution in [3.8, 4) is 6.07 Å². The van der Waals surface area contributed by atoms with Gasteiger partial charge in [0.25, 0.3) is 0 Å². The Hall–Kier alpha value is -1.49. The maximum atomic E-state index is 12.0. The number of aromatic nitrogens is 1. The zero-order valence-electron chi connectivity index (χ0n) is 11.3. The van der Waals surface area contributed by atoms with Crippen LogP contribution in [0, 0.1) is 18.3 Å². The van der Waals surface area contributed by atoms with Gasteiger partial charge in [-0.2, -0.15) is 5.26 Å². The quantitative estimate of drug-likeness (QED) is 0.813. The lowest BCUT2D eigenvalue weighted by molar-refractivity contribution is -0.113. The Bertz CT molecular complexity index is 663. The van der Waals surface area contributed by atoms with Crippen molar-refractivity contribution in [3.05, 3.63) is 35.3 Å². The second kappa shape index (κ2) is 8.08. The first-order valence-corrected chi connectivity index (χ1v) is 8.97. The maximum Gasteiger partial charge on any atom is 0.234 e. The number of rotatable bonds is 6. The Morgan fingerprint density at radius 3 is 2.95 bits per heavy atom. The van der Waals surface area contributed by atoms with Crippen LogP contribution < -0.4 is 5.32 Å². The molecule has 0 spiro atoms. The topological polar surface area (TPSA) is 65.8 Å². The van der Waals surface area contributed by atoms with Gasteiger partial charge >= 0.3 is 0 Å². The molecule has 0 saturated carbocycles. The van der Waals surface area contributed by atoms with E-state index < -0.39 is 0 Å². The van der Waals surface area contributed by atoms with Crippen molar-refractivity contribution in [1.82, 2.24) is 4.98 Å². The van der Waals surface area contributed by atoms with Crippen molar-refractivity contribution in [1.29, 1.82) is 5.26 Å². The van der Waals surface area contributed by atoms with Gasteiger partial charge in [-0.3, -0.25) is 4.79 Å². The third kappa shape index (κ3) is 5.08. The molecule has 1 aromatic carbocycles. The third-order valence-corrected chi connectivity index (χ3v) is 5.46. The lowest BCUT2D eigenvalue weighted by Crippen LogP contribution is -2.14. The molecular weight excluding hydrogens is 322 g/mol. The van der Waals surface area contributed by atoms with E-state index in [1.54, 1.807) is 11.3 Å². The van der Waals surface area contributed by atoms with E-state index in [4.69, 9.17) is 5.26 Å². The molecule has 1 heterocycles. The number of aryl methyl sites for hydroxylation is 1. The predicted octanol–water partition coefficient (Wildman–Crippen LogP) is 3.80. The van der Waals surface area contributed by atoms with Gasteiger partial charge in [-0.15, -0.1) is 23.1 Å². The Balaban J connectivity index is 1.91. The van der Waals surface area contributed by atoms with Crippen molar-refractivity contribution < 1.29 is 4.79 Å². The highest BCUT2D eigenvalue weighted by molar-refractivity contribution is 8.01. The molecule has 21 heavy (non-hydrogen) atoms. The molecule has 2 aromatic rings. The zero-order chi connectivity index (χ0) is 15.1. The van der Waals surface area contributed by atoms with E-state index >= 15 is 0 Å². The number of para-hydroxylation sites is 1. The van der Waals surface area contributed by atoms with Crippen LogP contribution in [0.25, 0.3) is 0 Å². The minimum absolute atomic E-state index is 0.0714. The van der Waals surface area contributed by atoms with Crippen LogP contribution in [0.2, 0.25) is 0 Å². The molecule has 1 N–H and O–H groups in total. The van der Waals surface area contributed by atoms with E-state index in [-0.39, 0.29) is 5.91 Å². The number of hydrogen-bond donors (Lipinski definition) is 1. The molecule has 0 aliphatic carbocycles. The van der Waals surface area contributed by atoms with E-state index in [2.05, 4.69) is 16.4 Å². The number of benzene rings is 1. The van der Waals surface area contributed by atoms with E-state index in [0.717, 1.165) is 20.6 Å². The number of nitrogens with one attached hydrogen (secondary N) is 1. The summed E-state index contributed by atoms with van der Waals surface area (Å²) in [6.07, 6.45) is 0. The van der Waals surface area contributed by atoms with Gasteiger partial charge in [0.05, 0.1) is 23.3 Å². The first-order chi connectivity index (χ1) is 10.2. The highest BCUT2D eigenvalue weighted by Crippen LogP contribution is 2.27. The molecular formula is C14H13N3OS3. The maximum absolute atomic E-state index is 12.0. The van der Waals surface area contributed by atoms with Gasteiger partial charge < -0.3 is 5.32 Å². The number of anilines is 1. The van der Waals surface area contributed by atoms with Crippen LogP contribution in [0.15, 0.2) is 38.9 Å². The van der Waals surface area contributed by atoms with Crippen molar-refractivity contribution in [2.75, 3.05) is 16.8 Å². The third-order valence-electron chi connectivity index (χ3n) is 2.38. The molecule has 1 aromatic heterocycles. The SMILES string of the molecule is Cc1csc(SCC(=O)Nc2ccccc2SCC#N)n1. The minimum Gasteiger partial charge on any atom is -0.324 e. The van der Waals surface area contributed by atoms with E-state index in [9.17, 15) is 4.79 Å². The Labute approximate surface area is 136 Å². The molecule has 4 nitrogen and oxygen atoms in total. The van der Waals surface area contributed by atoms with Crippen molar-refractivity contribution in [2.24, 2.45) is 0 Å². The highest BCUT2D eigenvalue weighted by atomic mass is 32.2. The van der Waals surface area contributed by atoms with Crippen LogP contribution >= 0.6 is 34.9 Å². The van der Waals surface area contributed by atoms with Gasteiger partial charge in [-0.1, -0.05) is 23.9 Å². The number of thioether (sulfide) groups is 2. The average molecular weight is 335 g/mol. The van der Waals surface area contributed by atoms with Crippen LogP contribution in [0.3, 0.4) is 0 Å². The monoisotopic (exact) mass is 335 g/mol. The Morgan fingerprint density at radius 1 is 1.43 bits per heavy atom. The summed E-state index contributed by atoms with van der Waals surface area (Å²) in [7, 11) is 0. The van der Waals surface area contributed by atoms with E-state index in [1.165, 1.54) is 23.5 Å². The molecule has 1 amide bonds. The number of carbonyl (C=O) groups excluding carboxylic acids is 1. The number of nitriles is 1. The summed E-state index contributed by atoms with van der Waals surface area (Å²) >= 11 is 4.39. The summed E-state index contributed by atoms with van der Waals surface area (Å²) in [5.41, 5.74) is 1.72. The van der Waals surface area contributed by atoms with Gasteiger partial charge in [0.1, 0.15) is 0 Å². The standard InChI is InChI=1S/C14H13N3OS3/c1-10-8-20-14(16-10)21-9-13(18)17-11-4-2-3-5-12(11)19-7-6-15/h2-5,8H,7,9H2,1H3,(H,17,18). The molecule has 0 radical (unpaired) electrons. The molecule has 0 saturated heterocycles. The lowest BCUT2D eigenvalue weighted by Gasteiger charge is -2.09. The molecule has 0 aliphatic heterocycles. The summed E-state index contributed by atoms with van der Waals surface area (Å²) in [6, 6.07) is 9.58. The van der Waals surface area contributed by atoms with Crippen LogP contribution in [0.1, 0.15) is 5.69 Å². The van der Waals surface area contributed by atoms with Gasteiger partial charge in [0.15, 0.2) is 4.34 Å². The average Bonchev–Trinajstić information content (AvgIpc) is 2.90. The number of hydrogen-bond acceptors (Lipinski definition) is 6. The fourth-order valence-electron chi connectivity index (χ4n) is 1.52. The van der Waals surface area contributed by atoms with Gasteiger partial charge in [0, 0.05) is 16.0 Å². The summed E-state index contributed by atoms with van der Waals surface area (Å²) < 4.78 is 0.898. The molecule has 0 fully saturated rings. The number of carbonyl (C=O) groups is 1. The molecule has 0 atom stereocenters. The molecule has 108 valence electrons.